The predicted molar refractivity (Wildman–Crippen MR) is 8.66 cm³/mol. The molecule has 25 valence electrons. The van der Waals surface area contributed by atoms with E-state index in [1.54, 1.807) is 0 Å². The molecule has 0 fully saturated rings. The van der Waals surface area contributed by atoms with E-state index in [1.165, 1.54) is 0 Å². The molecule has 0 bridgehead atoms. The molecule has 1 nitrogen and oxygen atoms in total. The van der Waals surface area contributed by atoms with Crippen LogP contribution in [0.4, 0.5) is 0 Å². The van der Waals surface area contributed by atoms with Gasteiger partial charge in [0.15, 0.2) is 0 Å². The molecule has 0 aliphatic carbocycles. The predicted octanol–water partition coefficient (Wildman–Crippen LogP) is -0.280. The van der Waals surface area contributed by atoms with Gasteiger partial charge in [-0.15, -0.1) is 0 Å². The first-order valence-electron chi connectivity index (χ1n) is 0.144. The van der Waals surface area contributed by atoms with E-state index >= 15 is 0 Å². The van der Waals surface area contributed by atoms with Gasteiger partial charge in [0.2, 0.25) is 0 Å². The fraction of sp³-hybridized carbons (Fsp3) is 0. The number of rotatable bonds is 0. The third-order valence-corrected chi connectivity index (χ3v) is 0. The van der Waals surface area contributed by atoms with Crippen LogP contribution < -0.4 is 0 Å². The van der Waals surface area contributed by atoms with Gasteiger partial charge >= 0.3 is 57.5 Å². The Morgan fingerprint density at radius 1 is 1.50 bits per heavy atom. The number of hydrogen-bond acceptors (Lipinski definition) is 1. The molecule has 0 heterocycles. The molecule has 0 aliphatic heterocycles. The SMILES string of the molecule is [Ca+2].[H-].[H-].[Mn].[O]=[Fe]. The molecule has 0 rings (SSSR count). The van der Waals surface area contributed by atoms with Gasteiger partial charge in [-0.3, -0.25) is 0 Å². The maximum atomic E-state index is 8.00. The van der Waals surface area contributed by atoms with Crippen LogP contribution in [0.25, 0.3) is 0 Å². The summed E-state index contributed by atoms with van der Waals surface area (Å²) < 4.78 is 8.00. The van der Waals surface area contributed by atoms with Crippen molar-refractivity contribution >= 4 is 37.7 Å². The van der Waals surface area contributed by atoms with Crippen LogP contribution in [0.15, 0.2) is 0 Å². The second-order valence-corrected chi connectivity index (χ2v) is 0. The number of hydrogen-bond donors (Lipinski definition) is 0. The fourth-order valence-electron chi connectivity index (χ4n) is 0. The first kappa shape index (κ1) is 16.5. The van der Waals surface area contributed by atoms with Crippen LogP contribution in [0.3, 0.4) is 0 Å². The Morgan fingerprint density at radius 3 is 1.50 bits per heavy atom. The van der Waals surface area contributed by atoms with E-state index in [4.69, 9.17) is 3.83 Å². The standard InChI is InChI=1S/Ca.Fe.Mn.O.2H/q+2;;;;2*-1. The van der Waals surface area contributed by atoms with Crippen molar-refractivity contribution in [2.45, 2.75) is 0 Å². The van der Waals surface area contributed by atoms with Crippen LogP contribution in [0.5, 0.6) is 0 Å². The summed E-state index contributed by atoms with van der Waals surface area (Å²) in [5, 5.41) is 0. The molecule has 0 aromatic carbocycles. The Morgan fingerprint density at radius 2 is 1.50 bits per heavy atom. The van der Waals surface area contributed by atoms with Crippen molar-refractivity contribution < 1.29 is 39.7 Å². The van der Waals surface area contributed by atoms with Gasteiger partial charge in [-0.1, -0.05) is 0 Å². The molecule has 0 N–H and O–H groups in total. The van der Waals surface area contributed by atoms with Gasteiger partial charge < -0.3 is 2.85 Å². The molecular formula is H2CaFeMnO. The Hall–Kier alpha value is 2.10. The molecule has 0 saturated carbocycles. The molecule has 4 heteroatoms. The molecule has 0 amide bonds. The summed E-state index contributed by atoms with van der Waals surface area (Å²) in [4.78, 5) is 0. The second kappa shape index (κ2) is 19.4. The van der Waals surface area contributed by atoms with Crippen molar-refractivity contribution in [3.63, 3.8) is 0 Å². The van der Waals surface area contributed by atoms with E-state index in [-0.39, 0.29) is 57.7 Å². The molecule has 0 spiro atoms. The van der Waals surface area contributed by atoms with Crippen LogP contribution in [-0.4, -0.2) is 37.7 Å². The zero-order valence-electron chi connectivity index (χ0n) is 3.85. The van der Waals surface area contributed by atoms with E-state index in [0.717, 1.165) is 0 Å². The summed E-state index contributed by atoms with van der Waals surface area (Å²) >= 11 is 2.00. The van der Waals surface area contributed by atoms with Gasteiger partial charge in [-0.05, 0) is 0 Å². The van der Waals surface area contributed by atoms with E-state index in [2.05, 4.69) is 0 Å². The van der Waals surface area contributed by atoms with Crippen LogP contribution >= 0.6 is 0 Å². The van der Waals surface area contributed by atoms with E-state index in [9.17, 15) is 0 Å². The first-order valence-corrected chi connectivity index (χ1v) is 0.595. The minimum absolute atomic E-state index is 0. The van der Waals surface area contributed by atoms with Crippen molar-refractivity contribution in [1.29, 1.82) is 0 Å². The molecule has 0 aliphatic rings. The van der Waals surface area contributed by atoms with Crippen molar-refractivity contribution in [3.8, 4) is 0 Å². The van der Waals surface area contributed by atoms with Gasteiger partial charge in [0, 0.05) is 17.1 Å². The van der Waals surface area contributed by atoms with Gasteiger partial charge in [0.25, 0.3) is 0 Å². The summed E-state index contributed by atoms with van der Waals surface area (Å²) in [7, 11) is 0. The molecule has 0 aromatic rings. The summed E-state index contributed by atoms with van der Waals surface area (Å²) in [6.07, 6.45) is 0. The van der Waals surface area contributed by atoms with Crippen LogP contribution in [0, 0.1) is 0 Å². The van der Waals surface area contributed by atoms with E-state index in [0.29, 0.717) is 0 Å². The van der Waals surface area contributed by atoms with Crippen molar-refractivity contribution in [3.05, 3.63) is 0 Å². The molecule has 0 atom stereocenters. The molecule has 1 radical (unpaired) electrons. The third kappa shape index (κ3) is 8.94. The Balaban J connectivity index is -0.000000000833. The summed E-state index contributed by atoms with van der Waals surface area (Å²) in [5.74, 6) is 0. The Kier molecular flexibility index (Phi) is 80.3. The minimum atomic E-state index is 0. The quantitative estimate of drug-likeness (QED) is 0.455. The van der Waals surface area contributed by atoms with Crippen LogP contribution in [0.2, 0.25) is 0 Å². The zero-order valence-corrected chi connectivity index (χ0v) is 6.34. The molecule has 0 unspecified atom stereocenters. The van der Waals surface area contributed by atoms with Gasteiger partial charge in [-0.25, -0.2) is 0 Å². The summed E-state index contributed by atoms with van der Waals surface area (Å²) in [5.41, 5.74) is 0. The second-order valence-electron chi connectivity index (χ2n) is 0. The fourth-order valence-corrected chi connectivity index (χ4v) is 0. The molecule has 4 heavy (non-hydrogen) atoms. The average Bonchev–Trinajstić information content (AvgIpc) is 1.00. The van der Waals surface area contributed by atoms with Gasteiger partial charge in [-0.2, -0.15) is 0 Å². The van der Waals surface area contributed by atoms with E-state index in [1.807, 2.05) is 15.9 Å². The topological polar surface area (TPSA) is 17.1 Å². The van der Waals surface area contributed by atoms with Crippen LogP contribution in [0.1, 0.15) is 2.85 Å². The first-order chi connectivity index (χ1) is 1.00. The Bertz CT molecular complexity index is 13.5. The molecule has 0 aromatic heterocycles. The molecular weight excluding hydrogens is 167 g/mol. The average molecular weight is 169 g/mol. The maximum absolute atomic E-state index is 8.00. The van der Waals surface area contributed by atoms with Crippen molar-refractivity contribution in [2.75, 3.05) is 0 Å². The normalized spacial score (nSPS) is 1.25. The van der Waals surface area contributed by atoms with E-state index < -0.39 is 0 Å². The van der Waals surface area contributed by atoms with Gasteiger partial charge in [0.1, 0.15) is 0 Å². The third-order valence-electron chi connectivity index (χ3n) is 0. The monoisotopic (exact) mass is 169 g/mol. The summed E-state index contributed by atoms with van der Waals surface area (Å²) in [6.45, 7) is 0. The Labute approximate surface area is 76.4 Å². The van der Waals surface area contributed by atoms with Crippen molar-refractivity contribution in [1.82, 2.24) is 0 Å². The molecule has 0 saturated heterocycles. The van der Waals surface area contributed by atoms with Gasteiger partial charge in [0.05, 0.1) is 0 Å². The van der Waals surface area contributed by atoms with Crippen LogP contribution in [-0.2, 0) is 36.8 Å². The summed E-state index contributed by atoms with van der Waals surface area (Å²) in [6, 6.07) is 0. The van der Waals surface area contributed by atoms with Crippen molar-refractivity contribution in [2.24, 2.45) is 0 Å². The zero-order chi connectivity index (χ0) is 2.00.